The summed E-state index contributed by atoms with van der Waals surface area (Å²) >= 11 is 0. The van der Waals surface area contributed by atoms with Crippen molar-refractivity contribution in [3.8, 4) is 5.75 Å². The van der Waals surface area contributed by atoms with Gasteiger partial charge in [0.1, 0.15) is 11.4 Å². The molecule has 0 aliphatic heterocycles. The SMILES string of the molecule is CC(C)COc1ccc(CCNC(=O)c2ccccn2)cc1. The van der Waals surface area contributed by atoms with Gasteiger partial charge in [-0.25, -0.2) is 0 Å². The Morgan fingerprint density at radius 3 is 2.59 bits per heavy atom. The van der Waals surface area contributed by atoms with Gasteiger partial charge < -0.3 is 10.1 Å². The van der Waals surface area contributed by atoms with Gasteiger partial charge in [0.25, 0.3) is 5.91 Å². The number of carbonyl (C=O) groups excluding carboxylic acids is 1. The highest BCUT2D eigenvalue weighted by Gasteiger charge is 2.05. The fraction of sp³-hybridized carbons (Fsp3) is 0.333. The molecule has 0 saturated carbocycles. The highest BCUT2D eigenvalue weighted by atomic mass is 16.5. The number of ether oxygens (including phenoxy) is 1. The van der Waals surface area contributed by atoms with Crippen molar-refractivity contribution >= 4 is 5.91 Å². The fourth-order valence-electron chi connectivity index (χ4n) is 1.92. The van der Waals surface area contributed by atoms with E-state index < -0.39 is 0 Å². The van der Waals surface area contributed by atoms with Gasteiger partial charge in [-0.15, -0.1) is 0 Å². The van der Waals surface area contributed by atoms with Crippen molar-refractivity contribution in [3.63, 3.8) is 0 Å². The predicted molar refractivity (Wildman–Crippen MR) is 87.0 cm³/mol. The van der Waals surface area contributed by atoms with E-state index in [2.05, 4.69) is 24.1 Å². The molecule has 1 aromatic heterocycles. The van der Waals surface area contributed by atoms with E-state index in [-0.39, 0.29) is 5.91 Å². The minimum absolute atomic E-state index is 0.141. The van der Waals surface area contributed by atoms with Gasteiger partial charge in [-0.1, -0.05) is 32.0 Å². The molecule has 0 unspecified atom stereocenters. The van der Waals surface area contributed by atoms with Crippen LogP contribution in [0, 0.1) is 5.92 Å². The predicted octanol–water partition coefficient (Wildman–Crippen LogP) is 3.09. The van der Waals surface area contributed by atoms with Crippen LogP contribution in [0.15, 0.2) is 48.7 Å². The van der Waals surface area contributed by atoms with Gasteiger partial charge in [-0.2, -0.15) is 0 Å². The van der Waals surface area contributed by atoms with E-state index in [1.54, 1.807) is 24.4 Å². The Hall–Kier alpha value is -2.36. The van der Waals surface area contributed by atoms with Gasteiger partial charge in [0.15, 0.2) is 0 Å². The number of aromatic nitrogens is 1. The van der Waals surface area contributed by atoms with Crippen molar-refractivity contribution in [3.05, 3.63) is 59.9 Å². The van der Waals surface area contributed by atoms with E-state index in [4.69, 9.17) is 4.74 Å². The number of carbonyl (C=O) groups is 1. The second-order valence-corrected chi connectivity index (χ2v) is 5.57. The summed E-state index contributed by atoms with van der Waals surface area (Å²) in [7, 11) is 0. The quantitative estimate of drug-likeness (QED) is 0.854. The van der Waals surface area contributed by atoms with Crippen LogP contribution in [-0.2, 0) is 6.42 Å². The minimum Gasteiger partial charge on any atom is -0.493 e. The number of amides is 1. The third kappa shape index (κ3) is 5.20. The van der Waals surface area contributed by atoms with Crippen LogP contribution in [0.25, 0.3) is 0 Å². The van der Waals surface area contributed by atoms with E-state index >= 15 is 0 Å². The molecule has 1 aromatic carbocycles. The van der Waals surface area contributed by atoms with Crippen molar-refractivity contribution in [2.24, 2.45) is 5.92 Å². The summed E-state index contributed by atoms with van der Waals surface area (Å²) in [6, 6.07) is 13.3. The first-order valence-electron chi connectivity index (χ1n) is 7.56. The van der Waals surface area contributed by atoms with Crippen molar-refractivity contribution < 1.29 is 9.53 Å². The van der Waals surface area contributed by atoms with Crippen molar-refractivity contribution in [1.29, 1.82) is 0 Å². The highest BCUT2D eigenvalue weighted by Crippen LogP contribution is 2.13. The third-order valence-electron chi connectivity index (χ3n) is 3.10. The maximum atomic E-state index is 11.8. The summed E-state index contributed by atoms with van der Waals surface area (Å²) < 4.78 is 5.64. The molecule has 1 heterocycles. The second kappa shape index (κ2) is 8.17. The lowest BCUT2D eigenvalue weighted by atomic mass is 10.1. The molecule has 0 atom stereocenters. The van der Waals surface area contributed by atoms with Crippen LogP contribution in [0.2, 0.25) is 0 Å². The number of hydrogen-bond donors (Lipinski definition) is 1. The molecule has 0 spiro atoms. The molecule has 4 heteroatoms. The molecule has 2 rings (SSSR count). The van der Waals surface area contributed by atoms with Gasteiger partial charge in [-0.05, 0) is 42.2 Å². The summed E-state index contributed by atoms with van der Waals surface area (Å²) in [5.74, 6) is 1.26. The maximum Gasteiger partial charge on any atom is 0.269 e. The smallest absolute Gasteiger partial charge is 0.269 e. The first-order valence-corrected chi connectivity index (χ1v) is 7.56. The van der Waals surface area contributed by atoms with Crippen molar-refractivity contribution in [1.82, 2.24) is 10.3 Å². The zero-order chi connectivity index (χ0) is 15.8. The Kier molecular flexibility index (Phi) is 5.95. The number of benzene rings is 1. The van der Waals surface area contributed by atoms with Crippen LogP contribution < -0.4 is 10.1 Å². The number of hydrogen-bond acceptors (Lipinski definition) is 3. The Balaban J connectivity index is 1.76. The molecule has 4 nitrogen and oxygen atoms in total. The molecule has 0 fully saturated rings. The van der Waals surface area contributed by atoms with Crippen LogP contribution in [0.1, 0.15) is 29.9 Å². The zero-order valence-electron chi connectivity index (χ0n) is 13.1. The Morgan fingerprint density at radius 1 is 1.18 bits per heavy atom. The van der Waals surface area contributed by atoms with Crippen LogP contribution in [0.3, 0.4) is 0 Å². The van der Waals surface area contributed by atoms with Crippen molar-refractivity contribution in [2.75, 3.05) is 13.2 Å². The molecule has 116 valence electrons. The van der Waals surface area contributed by atoms with Crippen LogP contribution >= 0.6 is 0 Å². The van der Waals surface area contributed by atoms with Crippen molar-refractivity contribution in [2.45, 2.75) is 20.3 Å². The van der Waals surface area contributed by atoms with E-state index in [9.17, 15) is 4.79 Å². The first-order chi connectivity index (χ1) is 10.6. The molecule has 22 heavy (non-hydrogen) atoms. The van der Waals surface area contributed by atoms with E-state index in [1.807, 2.05) is 24.3 Å². The lowest BCUT2D eigenvalue weighted by Gasteiger charge is -2.09. The van der Waals surface area contributed by atoms with E-state index in [1.165, 1.54) is 5.56 Å². The number of rotatable bonds is 7. The van der Waals surface area contributed by atoms with Gasteiger partial charge >= 0.3 is 0 Å². The fourth-order valence-corrected chi connectivity index (χ4v) is 1.92. The Labute approximate surface area is 131 Å². The largest absolute Gasteiger partial charge is 0.493 e. The molecular weight excluding hydrogens is 276 g/mol. The van der Waals surface area contributed by atoms with E-state index in [0.717, 1.165) is 18.8 Å². The van der Waals surface area contributed by atoms with Gasteiger partial charge in [0, 0.05) is 12.7 Å². The Bertz CT molecular complexity index is 580. The van der Waals surface area contributed by atoms with Crippen LogP contribution in [0.5, 0.6) is 5.75 Å². The molecule has 0 aliphatic carbocycles. The monoisotopic (exact) mass is 298 g/mol. The van der Waals surface area contributed by atoms with Gasteiger partial charge in [0.2, 0.25) is 0 Å². The molecule has 2 aromatic rings. The van der Waals surface area contributed by atoms with E-state index in [0.29, 0.717) is 18.2 Å². The minimum atomic E-state index is -0.141. The number of pyridine rings is 1. The standard InChI is InChI=1S/C18H22N2O2/c1-14(2)13-22-16-8-6-15(7-9-16)10-12-20-18(21)17-5-3-4-11-19-17/h3-9,11,14H,10,12-13H2,1-2H3,(H,20,21). The topological polar surface area (TPSA) is 51.2 Å². The summed E-state index contributed by atoms with van der Waals surface area (Å²) in [4.78, 5) is 15.9. The normalized spacial score (nSPS) is 10.5. The molecule has 1 N–H and O–H groups in total. The zero-order valence-corrected chi connectivity index (χ0v) is 13.1. The van der Waals surface area contributed by atoms with Crippen LogP contribution in [-0.4, -0.2) is 24.0 Å². The second-order valence-electron chi connectivity index (χ2n) is 5.57. The molecule has 0 bridgehead atoms. The summed E-state index contributed by atoms with van der Waals surface area (Å²) in [5.41, 5.74) is 1.61. The maximum absolute atomic E-state index is 11.8. The summed E-state index contributed by atoms with van der Waals surface area (Å²) in [6.45, 7) is 5.55. The highest BCUT2D eigenvalue weighted by molar-refractivity contribution is 5.92. The molecule has 0 radical (unpaired) electrons. The number of nitrogens with zero attached hydrogens (tertiary/aromatic N) is 1. The molecule has 0 saturated heterocycles. The van der Waals surface area contributed by atoms with Crippen LogP contribution in [0.4, 0.5) is 0 Å². The number of nitrogens with one attached hydrogen (secondary N) is 1. The average Bonchev–Trinajstić information content (AvgIpc) is 2.55. The lowest BCUT2D eigenvalue weighted by molar-refractivity contribution is 0.0949. The lowest BCUT2D eigenvalue weighted by Crippen LogP contribution is -2.26. The molecule has 0 aliphatic rings. The Morgan fingerprint density at radius 2 is 1.95 bits per heavy atom. The third-order valence-corrected chi connectivity index (χ3v) is 3.10. The van der Waals surface area contributed by atoms with Gasteiger partial charge in [0.05, 0.1) is 6.61 Å². The molecular formula is C18H22N2O2. The first kappa shape index (κ1) is 16.0. The summed E-state index contributed by atoms with van der Waals surface area (Å²) in [6.07, 6.45) is 2.40. The van der Waals surface area contributed by atoms with Gasteiger partial charge in [-0.3, -0.25) is 9.78 Å². The summed E-state index contributed by atoms with van der Waals surface area (Å²) in [5, 5.41) is 2.87. The molecule has 1 amide bonds. The average molecular weight is 298 g/mol.